The molecule has 90 valence electrons. The number of rotatable bonds is 5. The fourth-order valence-corrected chi connectivity index (χ4v) is 1.38. The van der Waals surface area contributed by atoms with Crippen molar-refractivity contribution in [3.8, 4) is 0 Å². The number of nitrogens with one attached hydrogen (secondary N) is 2. The predicted octanol–water partition coefficient (Wildman–Crippen LogP) is -0.619. The minimum Gasteiger partial charge on any atom is -0.367 e. The molecule has 17 heavy (non-hydrogen) atoms. The Morgan fingerprint density at radius 3 is 3.12 bits per heavy atom. The molecule has 0 aromatic carbocycles. The summed E-state index contributed by atoms with van der Waals surface area (Å²) in [6.45, 7) is 0.975. The van der Waals surface area contributed by atoms with E-state index in [0.717, 1.165) is 5.56 Å². The van der Waals surface area contributed by atoms with Gasteiger partial charge >= 0.3 is 0 Å². The van der Waals surface area contributed by atoms with Gasteiger partial charge in [-0.05, 0) is 11.6 Å². The van der Waals surface area contributed by atoms with E-state index >= 15 is 0 Å². The first kappa shape index (κ1) is 11.3. The predicted molar refractivity (Wildman–Crippen MR) is 60.6 cm³/mol. The van der Waals surface area contributed by atoms with E-state index in [9.17, 15) is 4.79 Å². The van der Waals surface area contributed by atoms with Gasteiger partial charge in [0.2, 0.25) is 5.91 Å². The number of hydrogen-bond acceptors (Lipinski definition) is 4. The van der Waals surface area contributed by atoms with Gasteiger partial charge in [-0.3, -0.25) is 4.79 Å². The molecule has 0 fully saturated rings. The molecular formula is C10H14N6O. The highest BCUT2D eigenvalue weighted by Crippen LogP contribution is 1.95. The minimum absolute atomic E-state index is 0.111. The quantitative estimate of drug-likeness (QED) is 0.641. The molecule has 0 bridgehead atoms. The highest BCUT2D eigenvalue weighted by Gasteiger charge is 2.05. The molecule has 7 heteroatoms. The number of amides is 1. The third-order valence-electron chi connectivity index (χ3n) is 2.25. The van der Waals surface area contributed by atoms with Crippen molar-refractivity contribution in [3.63, 3.8) is 0 Å². The summed E-state index contributed by atoms with van der Waals surface area (Å²) >= 11 is 0. The lowest BCUT2D eigenvalue weighted by Gasteiger charge is -2.02. The Bertz CT molecular complexity index is 475. The van der Waals surface area contributed by atoms with E-state index in [1.54, 1.807) is 6.20 Å². The van der Waals surface area contributed by atoms with E-state index in [1.807, 2.05) is 18.5 Å². The fraction of sp³-hybridized carbons (Fsp3) is 0.300. The molecule has 0 atom stereocenters. The van der Waals surface area contributed by atoms with Crippen LogP contribution in [0, 0.1) is 0 Å². The second-order valence-corrected chi connectivity index (χ2v) is 3.61. The lowest BCUT2D eigenvalue weighted by Crippen LogP contribution is -2.27. The molecule has 0 aliphatic carbocycles. The standard InChI is InChI=1S/C10H14N6O/c11-3-9-6-16(15-14-9)7-10(17)13-5-8-1-2-12-4-8/h1-2,4,6,12H,3,5,7,11H2,(H,13,17). The summed E-state index contributed by atoms with van der Waals surface area (Å²) in [6, 6.07) is 1.91. The molecule has 0 radical (unpaired) electrons. The molecular weight excluding hydrogens is 220 g/mol. The molecule has 7 nitrogen and oxygen atoms in total. The zero-order valence-corrected chi connectivity index (χ0v) is 9.26. The van der Waals surface area contributed by atoms with E-state index in [4.69, 9.17) is 5.73 Å². The Morgan fingerprint density at radius 2 is 2.47 bits per heavy atom. The molecule has 0 aliphatic rings. The van der Waals surface area contributed by atoms with Gasteiger partial charge in [-0.2, -0.15) is 0 Å². The van der Waals surface area contributed by atoms with Crippen LogP contribution in [-0.2, 0) is 24.4 Å². The van der Waals surface area contributed by atoms with Crippen LogP contribution in [0.25, 0.3) is 0 Å². The number of H-pyrrole nitrogens is 1. The first-order valence-corrected chi connectivity index (χ1v) is 5.25. The normalized spacial score (nSPS) is 10.4. The van der Waals surface area contributed by atoms with Crippen LogP contribution in [0.5, 0.6) is 0 Å². The van der Waals surface area contributed by atoms with Crippen molar-refractivity contribution >= 4 is 5.91 Å². The van der Waals surface area contributed by atoms with Gasteiger partial charge in [0.25, 0.3) is 0 Å². The van der Waals surface area contributed by atoms with Gasteiger partial charge in [0.15, 0.2) is 0 Å². The second kappa shape index (κ2) is 5.26. The van der Waals surface area contributed by atoms with Crippen LogP contribution in [-0.4, -0.2) is 25.9 Å². The number of hydrogen-bond donors (Lipinski definition) is 3. The topological polar surface area (TPSA) is 102 Å². The number of aromatic amines is 1. The maximum atomic E-state index is 11.6. The Kier molecular flexibility index (Phi) is 3.51. The van der Waals surface area contributed by atoms with Gasteiger partial charge in [-0.1, -0.05) is 5.21 Å². The third kappa shape index (κ3) is 3.15. The number of carbonyl (C=O) groups is 1. The summed E-state index contributed by atoms with van der Waals surface area (Å²) in [6.07, 6.45) is 5.31. The summed E-state index contributed by atoms with van der Waals surface area (Å²) in [7, 11) is 0. The van der Waals surface area contributed by atoms with Crippen LogP contribution < -0.4 is 11.1 Å². The number of nitrogens with zero attached hydrogens (tertiary/aromatic N) is 3. The lowest BCUT2D eigenvalue weighted by molar-refractivity contribution is -0.122. The Morgan fingerprint density at radius 1 is 1.59 bits per heavy atom. The highest BCUT2D eigenvalue weighted by molar-refractivity contribution is 5.75. The smallest absolute Gasteiger partial charge is 0.242 e. The van der Waals surface area contributed by atoms with Crippen molar-refractivity contribution < 1.29 is 4.79 Å². The molecule has 0 spiro atoms. The maximum Gasteiger partial charge on any atom is 0.242 e. The second-order valence-electron chi connectivity index (χ2n) is 3.61. The number of nitrogens with two attached hydrogens (primary N) is 1. The summed E-state index contributed by atoms with van der Waals surface area (Å²) < 4.78 is 1.47. The molecule has 1 amide bonds. The molecule has 2 aromatic rings. The van der Waals surface area contributed by atoms with Crippen molar-refractivity contribution in [2.24, 2.45) is 5.73 Å². The molecule has 4 N–H and O–H groups in total. The van der Waals surface area contributed by atoms with Crippen LogP contribution >= 0.6 is 0 Å². The van der Waals surface area contributed by atoms with Crippen molar-refractivity contribution in [1.82, 2.24) is 25.3 Å². The SMILES string of the molecule is NCc1cn(CC(=O)NCc2cc[nH]c2)nn1. The van der Waals surface area contributed by atoms with Crippen molar-refractivity contribution in [1.29, 1.82) is 0 Å². The highest BCUT2D eigenvalue weighted by atomic mass is 16.2. The molecule has 2 heterocycles. The Hall–Kier alpha value is -2.15. The lowest BCUT2D eigenvalue weighted by atomic mass is 10.3. The Labute approximate surface area is 98.0 Å². The Balaban J connectivity index is 1.81. The summed E-state index contributed by atoms with van der Waals surface area (Å²) in [5, 5.41) is 10.4. The minimum atomic E-state index is -0.111. The van der Waals surface area contributed by atoms with Gasteiger partial charge in [0, 0.05) is 25.5 Å². The molecule has 0 unspecified atom stereocenters. The number of carbonyl (C=O) groups excluding carboxylic acids is 1. The van der Waals surface area contributed by atoms with Crippen LogP contribution in [0.1, 0.15) is 11.3 Å². The molecule has 0 saturated heterocycles. The summed E-state index contributed by atoms with van der Waals surface area (Å²) in [5.74, 6) is -0.111. The molecule has 2 aromatic heterocycles. The van der Waals surface area contributed by atoms with Gasteiger partial charge in [-0.25, -0.2) is 4.68 Å². The van der Waals surface area contributed by atoms with Crippen LogP contribution in [0.15, 0.2) is 24.7 Å². The molecule has 2 rings (SSSR count). The monoisotopic (exact) mass is 234 g/mol. The summed E-state index contributed by atoms with van der Waals surface area (Å²) in [4.78, 5) is 14.5. The van der Waals surface area contributed by atoms with Crippen LogP contribution in [0.2, 0.25) is 0 Å². The van der Waals surface area contributed by atoms with Crippen molar-refractivity contribution in [2.45, 2.75) is 19.6 Å². The van der Waals surface area contributed by atoms with Gasteiger partial charge in [-0.15, -0.1) is 5.10 Å². The maximum absolute atomic E-state index is 11.6. The zero-order valence-electron chi connectivity index (χ0n) is 9.26. The van der Waals surface area contributed by atoms with E-state index < -0.39 is 0 Å². The first-order valence-electron chi connectivity index (χ1n) is 5.25. The van der Waals surface area contributed by atoms with E-state index in [0.29, 0.717) is 18.8 Å². The van der Waals surface area contributed by atoms with Gasteiger partial charge in [0.05, 0.1) is 11.9 Å². The molecule has 0 aliphatic heterocycles. The average molecular weight is 234 g/mol. The largest absolute Gasteiger partial charge is 0.367 e. The fourth-order valence-electron chi connectivity index (χ4n) is 1.38. The van der Waals surface area contributed by atoms with E-state index in [2.05, 4.69) is 20.6 Å². The first-order chi connectivity index (χ1) is 8.28. The van der Waals surface area contributed by atoms with E-state index in [1.165, 1.54) is 4.68 Å². The van der Waals surface area contributed by atoms with Crippen LogP contribution in [0.4, 0.5) is 0 Å². The van der Waals surface area contributed by atoms with Crippen molar-refractivity contribution in [2.75, 3.05) is 0 Å². The van der Waals surface area contributed by atoms with Crippen molar-refractivity contribution in [3.05, 3.63) is 35.9 Å². The molecule has 0 saturated carbocycles. The van der Waals surface area contributed by atoms with E-state index in [-0.39, 0.29) is 12.5 Å². The van der Waals surface area contributed by atoms with Crippen LogP contribution in [0.3, 0.4) is 0 Å². The third-order valence-corrected chi connectivity index (χ3v) is 2.25. The average Bonchev–Trinajstić information content (AvgIpc) is 2.97. The summed E-state index contributed by atoms with van der Waals surface area (Å²) in [5.41, 5.74) is 7.09. The van der Waals surface area contributed by atoms with Gasteiger partial charge in [0.1, 0.15) is 6.54 Å². The number of aromatic nitrogens is 4. The van der Waals surface area contributed by atoms with Gasteiger partial charge < -0.3 is 16.0 Å². The zero-order chi connectivity index (χ0) is 12.1.